The van der Waals surface area contributed by atoms with Gasteiger partial charge in [0.25, 0.3) is 0 Å². The molecule has 0 aliphatic rings. The minimum Gasteiger partial charge on any atom is -0.465 e. The minimum atomic E-state index is -1.11. The first kappa shape index (κ1) is 14.7. The van der Waals surface area contributed by atoms with E-state index >= 15 is 0 Å². The maximum absolute atomic E-state index is 11.6. The molecule has 1 unspecified atom stereocenters. The zero-order valence-corrected chi connectivity index (χ0v) is 10.3. The van der Waals surface area contributed by atoms with Gasteiger partial charge in [-0.1, -0.05) is 0 Å². The molecule has 1 atom stereocenters. The first-order valence-electron chi connectivity index (χ1n) is 5.22. The maximum Gasteiger partial charge on any atom is 0.408 e. The van der Waals surface area contributed by atoms with Gasteiger partial charge in [-0.3, -0.25) is 9.69 Å². The Hall–Kier alpha value is -1.30. The maximum atomic E-state index is 11.6. The van der Waals surface area contributed by atoms with E-state index in [2.05, 4.69) is 5.32 Å². The summed E-state index contributed by atoms with van der Waals surface area (Å²) < 4.78 is 0. The van der Waals surface area contributed by atoms with Crippen molar-refractivity contribution >= 4 is 12.0 Å². The number of carboxylic acid groups (broad SMARTS) is 1. The van der Waals surface area contributed by atoms with Crippen molar-refractivity contribution in [1.82, 2.24) is 10.2 Å². The molecule has 0 rings (SSSR count). The second-order valence-corrected chi connectivity index (χ2v) is 4.58. The number of hydrogen-bond acceptors (Lipinski definition) is 3. The van der Waals surface area contributed by atoms with Crippen molar-refractivity contribution in [2.75, 3.05) is 13.1 Å². The number of hydrogen-bond donors (Lipinski definition) is 3. The third-order valence-electron chi connectivity index (χ3n) is 2.14. The second-order valence-electron chi connectivity index (χ2n) is 4.58. The Morgan fingerprint density at radius 2 is 1.94 bits per heavy atom. The summed E-state index contributed by atoms with van der Waals surface area (Å²) >= 11 is 0. The van der Waals surface area contributed by atoms with Crippen molar-refractivity contribution in [3.63, 3.8) is 0 Å². The molecule has 6 nitrogen and oxygen atoms in total. The van der Waals surface area contributed by atoms with Gasteiger partial charge in [-0.15, -0.1) is 0 Å². The van der Waals surface area contributed by atoms with Gasteiger partial charge in [0.15, 0.2) is 0 Å². The summed E-state index contributed by atoms with van der Waals surface area (Å²) in [6.45, 7) is 7.47. The summed E-state index contributed by atoms with van der Waals surface area (Å²) in [5, 5.41) is 11.6. The minimum absolute atomic E-state index is 0.331. The standard InChI is InChI=1S/C10H21N3O3/c1-7(8(14)12-6-5-11)13(9(15)16)10(2,3)4/h7H,5-6,11H2,1-4H3,(H,12,14)(H,15,16). The molecule has 0 aliphatic heterocycles. The Morgan fingerprint density at radius 1 is 1.44 bits per heavy atom. The van der Waals surface area contributed by atoms with Crippen LogP contribution in [0.3, 0.4) is 0 Å². The molecule has 0 aliphatic carbocycles. The number of carbonyl (C=O) groups is 2. The van der Waals surface area contributed by atoms with Crippen molar-refractivity contribution in [3.8, 4) is 0 Å². The summed E-state index contributed by atoms with van der Waals surface area (Å²) in [4.78, 5) is 23.8. The van der Waals surface area contributed by atoms with Gasteiger partial charge in [0.05, 0.1) is 0 Å². The number of amides is 2. The highest BCUT2D eigenvalue weighted by atomic mass is 16.4. The van der Waals surface area contributed by atoms with Crippen LogP contribution in [0.25, 0.3) is 0 Å². The Labute approximate surface area is 95.8 Å². The molecule has 0 aromatic rings. The van der Waals surface area contributed by atoms with Gasteiger partial charge in [0.2, 0.25) is 5.91 Å². The lowest BCUT2D eigenvalue weighted by Gasteiger charge is -2.37. The molecule has 2 amide bonds. The topological polar surface area (TPSA) is 95.7 Å². The molecule has 0 aromatic carbocycles. The van der Waals surface area contributed by atoms with Crippen LogP contribution in [0, 0.1) is 0 Å². The van der Waals surface area contributed by atoms with E-state index in [1.54, 1.807) is 27.7 Å². The number of rotatable bonds is 4. The summed E-state index contributed by atoms with van der Waals surface area (Å²) in [5.41, 5.74) is 4.63. The molecular weight excluding hydrogens is 210 g/mol. The summed E-state index contributed by atoms with van der Waals surface area (Å²) in [7, 11) is 0. The Kier molecular flexibility index (Phi) is 5.23. The van der Waals surface area contributed by atoms with Crippen molar-refractivity contribution in [2.45, 2.75) is 39.3 Å². The van der Waals surface area contributed by atoms with Crippen LogP contribution in [0.2, 0.25) is 0 Å². The van der Waals surface area contributed by atoms with Crippen LogP contribution in [0.5, 0.6) is 0 Å². The third kappa shape index (κ3) is 4.06. The predicted octanol–water partition coefficient (Wildman–Crippen LogP) is 0.228. The summed E-state index contributed by atoms with van der Waals surface area (Å²) in [6.07, 6.45) is -1.11. The monoisotopic (exact) mass is 231 g/mol. The van der Waals surface area contributed by atoms with E-state index < -0.39 is 17.7 Å². The summed E-state index contributed by atoms with van der Waals surface area (Å²) in [6, 6.07) is -0.732. The summed E-state index contributed by atoms with van der Waals surface area (Å²) in [5.74, 6) is -0.331. The number of nitrogens with zero attached hydrogens (tertiary/aromatic N) is 1. The average molecular weight is 231 g/mol. The van der Waals surface area contributed by atoms with Gasteiger partial charge in [-0.05, 0) is 27.7 Å². The fourth-order valence-electron chi connectivity index (χ4n) is 1.49. The molecule has 0 spiro atoms. The Balaban J connectivity index is 4.69. The molecule has 6 heteroatoms. The molecule has 16 heavy (non-hydrogen) atoms. The molecule has 0 saturated carbocycles. The lowest BCUT2D eigenvalue weighted by Crippen LogP contribution is -2.55. The smallest absolute Gasteiger partial charge is 0.408 e. The highest BCUT2D eigenvalue weighted by Gasteiger charge is 2.34. The van der Waals surface area contributed by atoms with E-state index in [9.17, 15) is 9.59 Å². The van der Waals surface area contributed by atoms with Gasteiger partial charge < -0.3 is 16.2 Å². The van der Waals surface area contributed by atoms with E-state index in [1.165, 1.54) is 0 Å². The van der Waals surface area contributed by atoms with Crippen molar-refractivity contribution in [3.05, 3.63) is 0 Å². The molecule has 0 aromatic heterocycles. The quantitative estimate of drug-likeness (QED) is 0.645. The van der Waals surface area contributed by atoms with Crippen LogP contribution in [0.4, 0.5) is 4.79 Å². The van der Waals surface area contributed by atoms with Crippen LogP contribution in [0.1, 0.15) is 27.7 Å². The molecular formula is C10H21N3O3. The lowest BCUT2D eigenvalue weighted by molar-refractivity contribution is -0.126. The zero-order chi connectivity index (χ0) is 12.9. The normalized spacial score (nSPS) is 13.1. The fourth-order valence-corrected chi connectivity index (χ4v) is 1.49. The molecule has 0 radical (unpaired) electrons. The average Bonchev–Trinajstić information content (AvgIpc) is 2.10. The largest absolute Gasteiger partial charge is 0.465 e. The predicted molar refractivity (Wildman–Crippen MR) is 61.1 cm³/mol. The third-order valence-corrected chi connectivity index (χ3v) is 2.14. The zero-order valence-electron chi connectivity index (χ0n) is 10.3. The van der Waals surface area contributed by atoms with Crippen LogP contribution < -0.4 is 11.1 Å². The first-order chi connectivity index (χ1) is 7.21. The van der Waals surface area contributed by atoms with E-state index in [1.807, 2.05) is 0 Å². The Bertz CT molecular complexity index is 261. The molecule has 4 N–H and O–H groups in total. The molecule has 0 bridgehead atoms. The van der Waals surface area contributed by atoms with E-state index in [0.717, 1.165) is 4.90 Å². The first-order valence-corrected chi connectivity index (χ1v) is 5.22. The molecule has 0 heterocycles. The van der Waals surface area contributed by atoms with E-state index in [-0.39, 0.29) is 5.91 Å². The fraction of sp³-hybridized carbons (Fsp3) is 0.800. The van der Waals surface area contributed by atoms with Crippen LogP contribution in [0.15, 0.2) is 0 Å². The number of nitrogens with one attached hydrogen (secondary N) is 1. The SMILES string of the molecule is CC(C(=O)NCCN)N(C(=O)O)C(C)(C)C. The van der Waals surface area contributed by atoms with Crippen LogP contribution >= 0.6 is 0 Å². The molecule has 94 valence electrons. The van der Waals surface area contributed by atoms with E-state index in [4.69, 9.17) is 10.8 Å². The van der Waals surface area contributed by atoms with Gasteiger partial charge >= 0.3 is 6.09 Å². The van der Waals surface area contributed by atoms with Crippen molar-refractivity contribution in [1.29, 1.82) is 0 Å². The van der Waals surface area contributed by atoms with E-state index in [0.29, 0.717) is 13.1 Å². The number of nitrogens with two attached hydrogens (primary N) is 1. The Morgan fingerprint density at radius 3 is 2.25 bits per heavy atom. The van der Waals surface area contributed by atoms with Gasteiger partial charge in [0.1, 0.15) is 6.04 Å². The highest BCUT2D eigenvalue weighted by Crippen LogP contribution is 2.17. The highest BCUT2D eigenvalue weighted by molar-refractivity contribution is 5.85. The van der Waals surface area contributed by atoms with Crippen LogP contribution in [-0.2, 0) is 4.79 Å². The van der Waals surface area contributed by atoms with Crippen molar-refractivity contribution < 1.29 is 14.7 Å². The molecule has 0 saturated heterocycles. The van der Waals surface area contributed by atoms with Gasteiger partial charge in [-0.25, -0.2) is 4.79 Å². The lowest BCUT2D eigenvalue weighted by atomic mass is 10.0. The van der Waals surface area contributed by atoms with Crippen LogP contribution in [-0.4, -0.2) is 46.7 Å². The molecule has 0 fully saturated rings. The van der Waals surface area contributed by atoms with Gasteiger partial charge in [-0.2, -0.15) is 0 Å². The van der Waals surface area contributed by atoms with Crippen molar-refractivity contribution in [2.24, 2.45) is 5.73 Å². The number of carbonyl (C=O) groups excluding carboxylic acids is 1. The second kappa shape index (κ2) is 5.69. The van der Waals surface area contributed by atoms with Gasteiger partial charge in [0, 0.05) is 18.6 Å².